The Hall–Kier alpha value is -0.563. The van der Waals surface area contributed by atoms with Gasteiger partial charge in [-0.25, -0.2) is 0 Å². The molecule has 1 aromatic rings. The fourth-order valence-electron chi connectivity index (χ4n) is 1.49. The van der Waals surface area contributed by atoms with E-state index in [2.05, 4.69) is 52.4 Å². The molecule has 0 heterocycles. The molecule has 0 amide bonds. The van der Waals surface area contributed by atoms with Crippen molar-refractivity contribution in [1.82, 2.24) is 0 Å². The number of hydrogen-bond acceptors (Lipinski definition) is 0. The highest BCUT2D eigenvalue weighted by atomic mass is 28.2. The van der Waals surface area contributed by atoms with Gasteiger partial charge in [0.05, 0.1) is 9.52 Å². The maximum atomic E-state index is 2.36. The lowest BCUT2D eigenvalue weighted by molar-refractivity contribution is 0.836. The molecule has 0 spiro atoms. The van der Waals surface area contributed by atoms with Crippen molar-refractivity contribution in [3.63, 3.8) is 0 Å². The minimum Gasteiger partial charge on any atom is -0.0688 e. The summed E-state index contributed by atoms with van der Waals surface area (Å²) in [4.78, 5) is 0. The average molecular weight is 204 g/mol. The molecule has 0 aliphatic carbocycles. The van der Waals surface area contributed by atoms with Gasteiger partial charge in [0.25, 0.3) is 0 Å². The highest BCUT2D eigenvalue weighted by molar-refractivity contribution is 6.51. The van der Waals surface area contributed by atoms with Crippen LogP contribution < -0.4 is 5.19 Å². The molecule has 0 bridgehead atoms. The van der Waals surface area contributed by atoms with Crippen LogP contribution in [-0.4, -0.2) is 9.52 Å². The summed E-state index contributed by atoms with van der Waals surface area (Å²) in [6, 6.07) is 7.07. The minimum atomic E-state index is 0.642. The van der Waals surface area contributed by atoms with Gasteiger partial charge in [-0.15, -0.1) is 0 Å². The van der Waals surface area contributed by atoms with Crippen LogP contribution in [0.25, 0.3) is 0 Å². The zero-order chi connectivity index (χ0) is 10.7. The Morgan fingerprint density at radius 3 is 1.57 bits per heavy atom. The first-order valence-corrected chi connectivity index (χ1v) is 6.87. The van der Waals surface area contributed by atoms with Crippen molar-refractivity contribution in [2.75, 3.05) is 0 Å². The Labute approximate surface area is 90.6 Å². The van der Waals surface area contributed by atoms with E-state index in [-0.39, 0.29) is 0 Å². The summed E-state index contributed by atoms with van der Waals surface area (Å²) in [5.74, 6) is 1.28. The third-order valence-corrected chi connectivity index (χ3v) is 3.47. The quantitative estimate of drug-likeness (QED) is 0.663. The topological polar surface area (TPSA) is 0 Å². The predicted molar refractivity (Wildman–Crippen MR) is 65.9 cm³/mol. The number of hydrogen-bond donors (Lipinski definition) is 0. The summed E-state index contributed by atoms with van der Waals surface area (Å²) < 4.78 is 0. The van der Waals surface area contributed by atoms with E-state index in [1.165, 1.54) is 16.3 Å². The SMILES string of the molecule is C[Si]c1cc(C(C)C)cc(C(C)C)c1. The van der Waals surface area contributed by atoms with Crippen LogP contribution in [0.15, 0.2) is 18.2 Å². The molecular formula is C13H20Si. The Morgan fingerprint density at radius 1 is 0.857 bits per heavy atom. The smallest absolute Gasteiger partial charge is 0.0688 e. The largest absolute Gasteiger partial charge is 0.0773 e. The van der Waals surface area contributed by atoms with E-state index in [4.69, 9.17) is 0 Å². The molecule has 1 heteroatoms. The fourth-order valence-corrected chi connectivity index (χ4v) is 2.11. The molecule has 0 N–H and O–H groups in total. The molecule has 1 rings (SSSR count). The van der Waals surface area contributed by atoms with E-state index in [0.717, 1.165) is 9.52 Å². The second-order valence-corrected chi connectivity index (χ2v) is 5.53. The van der Waals surface area contributed by atoms with Gasteiger partial charge in [0.15, 0.2) is 0 Å². The Balaban J connectivity index is 3.13. The van der Waals surface area contributed by atoms with Gasteiger partial charge in [0.1, 0.15) is 0 Å². The van der Waals surface area contributed by atoms with Gasteiger partial charge in [-0.3, -0.25) is 0 Å². The molecule has 0 aliphatic rings. The highest BCUT2D eigenvalue weighted by Gasteiger charge is 2.06. The van der Waals surface area contributed by atoms with E-state index >= 15 is 0 Å². The lowest BCUT2D eigenvalue weighted by atomic mass is 9.96. The van der Waals surface area contributed by atoms with Crippen LogP contribution >= 0.6 is 0 Å². The summed E-state index contributed by atoms with van der Waals surface area (Å²) in [7, 11) is 0.908. The summed E-state index contributed by atoms with van der Waals surface area (Å²) in [6.45, 7) is 11.3. The first-order valence-electron chi connectivity index (χ1n) is 5.37. The molecule has 0 fully saturated rings. The molecule has 0 unspecified atom stereocenters. The van der Waals surface area contributed by atoms with Crippen LogP contribution in [0, 0.1) is 0 Å². The first-order chi connectivity index (χ1) is 6.54. The van der Waals surface area contributed by atoms with Crippen molar-refractivity contribution in [3.8, 4) is 0 Å². The van der Waals surface area contributed by atoms with Crippen LogP contribution in [0.1, 0.15) is 50.7 Å². The molecule has 0 saturated carbocycles. The second-order valence-electron chi connectivity index (χ2n) is 4.45. The van der Waals surface area contributed by atoms with Gasteiger partial charge in [-0.05, 0) is 23.0 Å². The molecule has 1 aromatic carbocycles. The Morgan fingerprint density at radius 2 is 1.29 bits per heavy atom. The average Bonchev–Trinajstić information content (AvgIpc) is 2.16. The van der Waals surface area contributed by atoms with Crippen molar-refractivity contribution in [3.05, 3.63) is 29.3 Å². The van der Waals surface area contributed by atoms with E-state index in [9.17, 15) is 0 Å². The molecule has 0 aromatic heterocycles. The van der Waals surface area contributed by atoms with Crippen LogP contribution in [0.5, 0.6) is 0 Å². The fraction of sp³-hybridized carbons (Fsp3) is 0.538. The van der Waals surface area contributed by atoms with Crippen molar-refractivity contribution < 1.29 is 0 Å². The first kappa shape index (κ1) is 11.5. The molecular weight excluding hydrogens is 184 g/mol. The lowest BCUT2D eigenvalue weighted by Gasteiger charge is -2.13. The van der Waals surface area contributed by atoms with Gasteiger partial charge >= 0.3 is 0 Å². The molecule has 0 saturated heterocycles. The molecule has 0 nitrogen and oxygen atoms in total. The van der Waals surface area contributed by atoms with Gasteiger partial charge in [-0.2, -0.15) is 0 Å². The van der Waals surface area contributed by atoms with Crippen LogP contribution in [0.4, 0.5) is 0 Å². The summed E-state index contributed by atoms with van der Waals surface area (Å²) in [5.41, 5.74) is 2.97. The second kappa shape index (κ2) is 4.79. The summed E-state index contributed by atoms with van der Waals surface area (Å²) in [5, 5.41) is 1.50. The zero-order valence-corrected chi connectivity index (χ0v) is 10.9. The maximum Gasteiger partial charge on any atom is 0.0773 e. The molecule has 0 aliphatic heterocycles. The van der Waals surface area contributed by atoms with Gasteiger partial charge in [0, 0.05) is 0 Å². The van der Waals surface area contributed by atoms with Gasteiger partial charge in [-0.1, -0.05) is 57.6 Å². The van der Waals surface area contributed by atoms with Gasteiger partial charge in [0.2, 0.25) is 0 Å². The van der Waals surface area contributed by atoms with Crippen LogP contribution in [-0.2, 0) is 0 Å². The molecule has 14 heavy (non-hydrogen) atoms. The number of rotatable bonds is 3. The molecule has 0 atom stereocenters. The third-order valence-electron chi connectivity index (χ3n) is 2.60. The molecule has 76 valence electrons. The highest BCUT2D eigenvalue weighted by Crippen LogP contribution is 2.19. The Bertz CT molecular complexity index is 274. The van der Waals surface area contributed by atoms with Gasteiger partial charge < -0.3 is 0 Å². The van der Waals surface area contributed by atoms with E-state index in [0.29, 0.717) is 11.8 Å². The van der Waals surface area contributed by atoms with Crippen molar-refractivity contribution in [2.24, 2.45) is 0 Å². The number of benzene rings is 1. The van der Waals surface area contributed by atoms with Crippen LogP contribution in [0.2, 0.25) is 6.55 Å². The van der Waals surface area contributed by atoms with E-state index in [1.54, 1.807) is 0 Å². The minimum absolute atomic E-state index is 0.642. The normalized spacial score (nSPS) is 11.4. The summed E-state index contributed by atoms with van der Waals surface area (Å²) in [6.07, 6.45) is 0. The predicted octanol–water partition coefficient (Wildman–Crippen LogP) is 3.31. The van der Waals surface area contributed by atoms with Crippen molar-refractivity contribution >= 4 is 14.7 Å². The summed E-state index contributed by atoms with van der Waals surface area (Å²) >= 11 is 0. The Kier molecular flexibility index (Phi) is 3.94. The van der Waals surface area contributed by atoms with E-state index in [1.807, 2.05) is 0 Å². The standard InChI is InChI=1S/C13H20Si/c1-9(2)11-6-12(10(3)4)8-13(7-11)14-5/h6-10H,1-5H3. The van der Waals surface area contributed by atoms with Crippen molar-refractivity contribution in [2.45, 2.75) is 46.1 Å². The monoisotopic (exact) mass is 204 g/mol. The van der Waals surface area contributed by atoms with Crippen molar-refractivity contribution in [1.29, 1.82) is 0 Å². The lowest BCUT2D eigenvalue weighted by Crippen LogP contribution is -2.13. The van der Waals surface area contributed by atoms with E-state index < -0.39 is 0 Å². The maximum absolute atomic E-state index is 2.36. The third kappa shape index (κ3) is 2.71. The molecule has 2 radical (unpaired) electrons. The van der Waals surface area contributed by atoms with Crippen LogP contribution in [0.3, 0.4) is 0 Å². The zero-order valence-electron chi connectivity index (χ0n) is 9.89.